The van der Waals surface area contributed by atoms with Crippen LogP contribution in [0.1, 0.15) is 83.1 Å². The van der Waals surface area contributed by atoms with Gasteiger partial charge in [0.15, 0.2) is 0 Å². The van der Waals surface area contributed by atoms with Gasteiger partial charge in [-0.25, -0.2) is 13.8 Å². The van der Waals surface area contributed by atoms with Crippen molar-refractivity contribution in [3.05, 3.63) is 60.2 Å². The Balaban J connectivity index is 1.71. The van der Waals surface area contributed by atoms with Crippen LogP contribution in [0.2, 0.25) is 0 Å². The monoisotopic (exact) mass is 554 g/mol. The molecule has 9 heteroatoms. The Bertz CT molecular complexity index is 1170. The van der Waals surface area contributed by atoms with Crippen LogP contribution in [0, 0.1) is 0 Å². The SMILES string of the molecule is CC(=O)Nc1ccc(S(=O)(=O)N(CCc2ccccc2)CC(=O)NN=C2CCCCCCCCCCC2)cc1. The number of sulfonamides is 1. The van der Waals surface area contributed by atoms with Gasteiger partial charge in [0, 0.05) is 24.9 Å². The molecule has 0 heterocycles. The number of nitrogens with one attached hydrogen (secondary N) is 2. The maximum Gasteiger partial charge on any atom is 0.255 e. The average molecular weight is 555 g/mol. The third kappa shape index (κ3) is 10.9. The zero-order chi connectivity index (χ0) is 27.9. The highest BCUT2D eigenvalue weighted by atomic mass is 32.2. The normalized spacial score (nSPS) is 15.6. The molecule has 0 bridgehead atoms. The maximum atomic E-state index is 13.6. The average Bonchev–Trinajstić information content (AvgIpc) is 2.91. The molecule has 39 heavy (non-hydrogen) atoms. The van der Waals surface area contributed by atoms with Crippen molar-refractivity contribution in [1.82, 2.24) is 9.73 Å². The summed E-state index contributed by atoms with van der Waals surface area (Å²) < 4.78 is 28.3. The molecule has 2 aromatic carbocycles. The van der Waals surface area contributed by atoms with Crippen molar-refractivity contribution in [3.8, 4) is 0 Å². The molecule has 1 fully saturated rings. The van der Waals surface area contributed by atoms with Gasteiger partial charge < -0.3 is 5.32 Å². The van der Waals surface area contributed by atoms with E-state index in [1.807, 2.05) is 30.3 Å². The molecule has 0 atom stereocenters. The second-order valence-corrected chi connectivity index (χ2v) is 12.1. The summed E-state index contributed by atoms with van der Waals surface area (Å²) >= 11 is 0. The third-order valence-electron chi connectivity index (χ3n) is 6.89. The van der Waals surface area contributed by atoms with Gasteiger partial charge in [-0.05, 0) is 61.9 Å². The number of hydrogen-bond donors (Lipinski definition) is 2. The van der Waals surface area contributed by atoms with Crippen molar-refractivity contribution in [1.29, 1.82) is 0 Å². The van der Waals surface area contributed by atoms with Crippen LogP contribution in [0.25, 0.3) is 0 Å². The molecule has 1 aliphatic carbocycles. The Labute approximate surface area is 233 Å². The van der Waals surface area contributed by atoms with Crippen molar-refractivity contribution in [2.24, 2.45) is 5.10 Å². The lowest BCUT2D eigenvalue weighted by atomic mass is 10.00. The number of hydrazone groups is 1. The quantitative estimate of drug-likeness (QED) is 0.390. The van der Waals surface area contributed by atoms with E-state index >= 15 is 0 Å². The largest absolute Gasteiger partial charge is 0.326 e. The van der Waals surface area contributed by atoms with Gasteiger partial charge >= 0.3 is 0 Å². The van der Waals surface area contributed by atoms with Gasteiger partial charge in [0.05, 0.1) is 11.4 Å². The number of carbonyl (C=O) groups is 2. The van der Waals surface area contributed by atoms with Gasteiger partial charge in [-0.2, -0.15) is 9.41 Å². The molecule has 2 amide bonds. The Kier molecular flexibility index (Phi) is 12.6. The summed E-state index contributed by atoms with van der Waals surface area (Å²) in [5.74, 6) is -0.699. The molecule has 2 N–H and O–H groups in total. The van der Waals surface area contributed by atoms with Crippen LogP contribution in [0.3, 0.4) is 0 Å². The minimum Gasteiger partial charge on any atom is -0.326 e. The minimum absolute atomic E-state index is 0.0584. The Hall–Kier alpha value is -3.04. The molecule has 2 aromatic rings. The second-order valence-electron chi connectivity index (χ2n) is 10.2. The van der Waals surface area contributed by atoms with Crippen molar-refractivity contribution in [3.63, 3.8) is 0 Å². The van der Waals surface area contributed by atoms with E-state index in [1.54, 1.807) is 12.1 Å². The molecule has 0 unspecified atom stereocenters. The van der Waals surface area contributed by atoms with E-state index < -0.39 is 15.9 Å². The number of benzene rings is 2. The lowest BCUT2D eigenvalue weighted by molar-refractivity contribution is -0.121. The summed E-state index contributed by atoms with van der Waals surface area (Å²) in [6.07, 6.45) is 13.0. The molecule has 1 saturated carbocycles. The first-order valence-electron chi connectivity index (χ1n) is 14.1. The van der Waals surface area contributed by atoms with Crippen LogP contribution in [0.4, 0.5) is 5.69 Å². The van der Waals surface area contributed by atoms with Crippen LogP contribution < -0.4 is 10.7 Å². The maximum absolute atomic E-state index is 13.6. The highest BCUT2D eigenvalue weighted by Crippen LogP contribution is 2.20. The zero-order valence-electron chi connectivity index (χ0n) is 23.0. The van der Waals surface area contributed by atoms with E-state index in [2.05, 4.69) is 15.8 Å². The third-order valence-corrected chi connectivity index (χ3v) is 8.75. The minimum atomic E-state index is -3.97. The highest BCUT2D eigenvalue weighted by Gasteiger charge is 2.26. The first-order chi connectivity index (χ1) is 18.8. The predicted molar refractivity (Wildman–Crippen MR) is 156 cm³/mol. The smallest absolute Gasteiger partial charge is 0.255 e. The number of hydrogen-bond acceptors (Lipinski definition) is 5. The Morgan fingerprint density at radius 1 is 0.821 bits per heavy atom. The summed E-state index contributed by atoms with van der Waals surface area (Å²) in [5.41, 5.74) is 5.11. The van der Waals surface area contributed by atoms with Gasteiger partial charge in [-0.3, -0.25) is 9.59 Å². The van der Waals surface area contributed by atoms with Crippen molar-refractivity contribution in [2.45, 2.75) is 88.9 Å². The van der Waals surface area contributed by atoms with Gasteiger partial charge in [-0.1, -0.05) is 75.3 Å². The lowest BCUT2D eigenvalue weighted by Gasteiger charge is -2.22. The standard InChI is InChI=1S/C30H42N4O4S/c1-25(35)31-27-18-20-29(21-19-27)39(37,38)34(23-22-26-14-10-9-11-15-26)24-30(36)33-32-28-16-12-7-5-3-2-4-6-8-13-17-28/h9-11,14-15,18-21H,2-8,12-13,16-17,22-24H2,1H3,(H,31,35)(H,33,36). The molecular weight excluding hydrogens is 512 g/mol. The first kappa shape index (κ1) is 30.5. The van der Waals surface area contributed by atoms with Crippen molar-refractivity contribution < 1.29 is 18.0 Å². The van der Waals surface area contributed by atoms with E-state index in [-0.39, 0.29) is 23.9 Å². The number of amides is 2. The van der Waals surface area contributed by atoms with Crippen LogP contribution in [-0.2, 0) is 26.0 Å². The highest BCUT2D eigenvalue weighted by molar-refractivity contribution is 7.89. The molecule has 0 saturated heterocycles. The number of carbonyl (C=O) groups excluding carboxylic acids is 2. The van der Waals surface area contributed by atoms with E-state index in [0.717, 1.165) is 37.0 Å². The summed E-state index contributed by atoms with van der Waals surface area (Å²) in [7, 11) is -3.97. The van der Waals surface area contributed by atoms with Crippen LogP contribution in [-0.4, -0.2) is 43.3 Å². The molecular formula is C30H42N4O4S. The van der Waals surface area contributed by atoms with Crippen LogP contribution >= 0.6 is 0 Å². The first-order valence-corrected chi connectivity index (χ1v) is 15.5. The number of anilines is 1. The fourth-order valence-electron chi connectivity index (χ4n) is 4.71. The molecule has 212 valence electrons. The van der Waals surface area contributed by atoms with Gasteiger partial charge in [-0.15, -0.1) is 0 Å². The molecule has 0 spiro atoms. The van der Waals surface area contributed by atoms with Gasteiger partial charge in [0.2, 0.25) is 15.9 Å². The molecule has 0 aromatic heterocycles. The summed E-state index contributed by atoms with van der Waals surface area (Å²) in [4.78, 5) is 24.3. The molecule has 8 nitrogen and oxygen atoms in total. The Morgan fingerprint density at radius 3 is 1.95 bits per heavy atom. The summed E-state index contributed by atoms with van der Waals surface area (Å²) in [5, 5.41) is 7.07. The molecule has 3 rings (SSSR count). The molecule has 1 aliphatic rings. The topological polar surface area (TPSA) is 108 Å². The van der Waals surface area contributed by atoms with Crippen LogP contribution in [0.5, 0.6) is 0 Å². The summed E-state index contributed by atoms with van der Waals surface area (Å²) in [6.45, 7) is 1.20. The van der Waals surface area contributed by atoms with E-state index in [9.17, 15) is 18.0 Å². The second kappa shape index (κ2) is 16.2. The zero-order valence-corrected chi connectivity index (χ0v) is 23.8. The van der Waals surface area contributed by atoms with Gasteiger partial charge in [0.1, 0.15) is 0 Å². The summed E-state index contributed by atoms with van der Waals surface area (Å²) in [6, 6.07) is 15.5. The van der Waals surface area contributed by atoms with Crippen molar-refractivity contribution in [2.75, 3.05) is 18.4 Å². The van der Waals surface area contributed by atoms with E-state index in [0.29, 0.717) is 12.1 Å². The number of rotatable bonds is 9. The van der Waals surface area contributed by atoms with E-state index in [1.165, 1.54) is 68.3 Å². The van der Waals surface area contributed by atoms with Gasteiger partial charge in [0.25, 0.3) is 5.91 Å². The molecule has 0 radical (unpaired) electrons. The molecule has 0 aliphatic heterocycles. The van der Waals surface area contributed by atoms with Crippen molar-refractivity contribution >= 4 is 33.2 Å². The van der Waals surface area contributed by atoms with Crippen LogP contribution in [0.15, 0.2) is 64.6 Å². The van der Waals surface area contributed by atoms with E-state index in [4.69, 9.17) is 0 Å². The number of nitrogens with zero attached hydrogens (tertiary/aromatic N) is 2. The predicted octanol–water partition coefficient (Wildman–Crippen LogP) is 5.66. The Morgan fingerprint density at radius 2 is 1.38 bits per heavy atom. The lowest BCUT2D eigenvalue weighted by Crippen LogP contribution is -2.40. The fourth-order valence-corrected chi connectivity index (χ4v) is 6.11. The fraction of sp³-hybridized carbons (Fsp3) is 0.500.